The summed E-state index contributed by atoms with van der Waals surface area (Å²) in [6.45, 7) is 3.29. The monoisotopic (exact) mass is 194 g/mol. The van der Waals surface area contributed by atoms with Crippen molar-refractivity contribution < 1.29 is 5.11 Å². The maximum Gasteiger partial charge on any atom is 0.125 e. The Kier molecular flexibility index (Phi) is 5.00. The van der Waals surface area contributed by atoms with Crippen LogP contribution in [0.3, 0.4) is 0 Å². The highest BCUT2D eigenvalue weighted by molar-refractivity contribution is 5.32. The number of hydrogen-bond donors (Lipinski definition) is 2. The van der Waals surface area contributed by atoms with Crippen molar-refractivity contribution in [2.45, 2.75) is 19.8 Å². The first kappa shape index (κ1) is 11.0. The number of anilines is 1. The predicted molar refractivity (Wildman–Crippen MR) is 58.2 cm³/mol. The minimum atomic E-state index is 0.266. The van der Waals surface area contributed by atoms with Gasteiger partial charge in [-0.3, -0.25) is 0 Å². The van der Waals surface area contributed by atoms with Gasteiger partial charge in [-0.25, -0.2) is 4.98 Å². The molecule has 0 aliphatic heterocycles. The number of nitrogens with zero attached hydrogens (tertiary/aromatic N) is 1. The van der Waals surface area contributed by atoms with Crippen LogP contribution in [-0.4, -0.2) is 23.2 Å². The molecular weight excluding hydrogens is 176 g/mol. The van der Waals surface area contributed by atoms with E-state index in [-0.39, 0.29) is 6.61 Å². The quantitative estimate of drug-likeness (QED) is 0.727. The van der Waals surface area contributed by atoms with E-state index in [9.17, 15) is 0 Å². The van der Waals surface area contributed by atoms with Crippen LogP contribution in [0, 0.1) is 5.92 Å². The third kappa shape index (κ3) is 3.75. The lowest BCUT2D eigenvalue weighted by molar-refractivity contribution is 0.258. The minimum absolute atomic E-state index is 0.266. The van der Waals surface area contributed by atoms with Crippen molar-refractivity contribution in [1.29, 1.82) is 0 Å². The summed E-state index contributed by atoms with van der Waals surface area (Å²) in [4.78, 5) is 4.17. The molecule has 0 saturated heterocycles. The summed E-state index contributed by atoms with van der Waals surface area (Å²) in [5.41, 5.74) is 0. The van der Waals surface area contributed by atoms with Gasteiger partial charge >= 0.3 is 0 Å². The molecule has 14 heavy (non-hydrogen) atoms. The van der Waals surface area contributed by atoms with E-state index >= 15 is 0 Å². The summed E-state index contributed by atoms with van der Waals surface area (Å²) in [6, 6.07) is 5.81. The van der Waals surface area contributed by atoms with Crippen LogP contribution in [0.1, 0.15) is 19.8 Å². The zero-order chi connectivity index (χ0) is 10.2. The van der Waals surface area contributed by atoms with E-state index in [0.29, 0.717) is 5.92 Å². The van der Waals surface area contributed by atoms with Crippen molar-refractivity contribution >= 4 is 5.82 Å². The highest BCUT2D eigenvalue weighted by Crippen LogP contribution is 2.09. The molecule has 0 bridgehead atoms. The Morgan fingerprint density at radius 2 is 2.36 bits per heavy atom. The second-order valence-electron chi connectivity index (χ2n) is 3.38. The first-order chi connectivity index (χ1) is 6.86. The maximum absolute atomic E-state index is 8.82. The van der Waals surface area contributed by atoms with Gasteiger partial charge in [0.15, 0.2) is 0 Å². The van der Waals surface area contributed by atoms with Crippen molar-refractivity contribution in [1.82, 2.24) is 4.98 Å². The van der Waals surface area contributed by atoms with Crippen LogP contribution >= 0.6 is 0 Å². The first-order valence-electron chi connectivity index (χ1n) is 5.12. The van der Waals surface area contributed by atoms with Gasteiger partial charge in [0.05, 0.1) is 0 Å². The zero-order valence-corrected chi connectivity index (χ0v) is 8.61. The molecule has 1 rings (SSSR count). The summed E-state index contributed by atoms with van der Waals surface area (Å²) in [5.74, 6) is 1.44. The molecule has 2 N–H and O–H groups in total. The first-order valence-corrected chi connectivity index (χ1v) is 5.12. The molecule has 1 heterocycles. The fourth-order valence-electron chi connectivity index (χ4n) is 1.35. The molecule has 0 aliphatic rings. The standard InChI is InChI=1S/C11H18N2O/c1-2-10(6-8-14)9-13-11-5-3-4-7-12-11/h3-5,7,10,14H,2,6,8-9H2,1H3,(H,12,13). The van der Waals surface area contributed by atoms with Crippen LogP contribution in [-0.2, 0) is 0 Å². The predicted octanol–water partition coefficient (Wildman–Crippen LogP) is 1.90. The van der Waals surface area contributed by atoms with Crippen molar-refractivity contribution in [3.8, 4) is 0 Å². The maximum atomic E-state index is 8.82. The van der Waals surface area contributed by atoms with Gasteiger partial charge in [0.2, 0.25) is 0 Å². The van der Waals surface area contributed by atoms with Crippen molar-refractivity contribution in [2.75, 3.05) is 18.5 Å². The molecule has 1 atom stereocenters. The highest BCUT2D eigenvalue weighted by atomic mass is 16.3. The third-order valence-corrected chi connectivity index (χ3v) is 2.35. The molecule has 0 aromatic carbocycles. The summed E-state index contributed by atoms with van der Waals surface area (Å²) in [5, 5.41) is 12.1. The summed E-state index contributed by atoms with van der Waals surface area (Å²) in [7, 11) is 0. The average Bonchev–Trinajstić information content (AvgIpc) is 2.25. The molecule has 1 unspecified atom stereocenters. The van der Waals surface area contributed by atoms with Gasteiger partial charge in [0.1, 0.15) is 5.82 Å². The number of hydrogen-bond acceptors (Lipinski definition) is 3. The molecule has 1 aromatic rings. The van der Waals surface area contributed by atoms with Gasteiger partial charge in [-0.15, -0.1) is 0 Å². The average molecular weight is 194 g/mol. The molecule has 3 heteroatoms. The molecule has 78 valence electrons. The van der Waals surface area contributed by atoms with Gasteiger partial charge in [-0.2, -0.15) is 0 Å². The Bertz CT molecular complexity index is 238. The van der Waals surface area contributed by atoms with Crippen molar-refractivity contribution in [3.05, 3.63) is 24.4 Å². The molecule has 3 nitrogen and oxygen atoms in total. The largest absolute Gasteiger partial charge is 0.396 e. The van der Waals surface area contributed by atoms with Gasteiger partial charge in [0, 0.05) is 19.3 Å². The van der Waals surface area contributed by atoms with E-state index in [1.165, 1.54) is 0 Å². The number of aliphatic hydroxyl groups excluding tert-OH is 1. The molecule has 0 radical (unpaired) electrons. The number of pyridine rings is 1. The van der Waals surface area contributed by atoms with Crippen molar-refractivity contribution in [3.63, 3.8) is 0 Å². The Labute approximate surface area is 85.2 Å². The van der Waals surface area contributed by atoms with Gasteiger partial charge < -0.3 is 10.4 Å². The SMILES string of the molecule is CCC(CCO)CNc1ccccn1. The van der Waals surface area contributed by atoms with Crippen molar-refractivity contribution in [2.24, 2.45) is 5.92 Å². The van der Waals surface area contributed by atoms with E-state index < -0.39 is 0 Å². The van der Waals surface area contributed by atoms with E-state index in [1.807, 2.05) is 18.2 Å². The van der Waals surface area contributed by atoms with Gasteiger partial charge in [-0.05, 0) is 24.5 Å². The number of aromatic nitrogens is 1. The van der Waals surface area contributed by atoms with Crippen LogP contribution in [0.25, 0.3) is 0 Å². The molecule has 0 aliphatic carbocycles. The Balaban J connectivity index is 2.32. The molecule has 0 saturated carbocycles. The second-order valence-corrected chi connectivity index (χ2v) is 3.38. The van der Waals surface area contributed by atoms with Crippen LogP contribution in [0.2, 0.25) is 0 Å². The third-order valence-electron chi connectivity index (χ3n) is 2.35. The Morgan fingerprint density at radius 3 is 2.93 bits per heavy atom. The van der Waals surface area contributed by atoms with E-state index in [1.54, 1.807) is 6.20 Å². The van der Waals surface area contributed by atoms with E-state index in [2.05, 4.69) is 17.2 Å². The van der Waals surface area contributed by atoms with Crippen LogP contribution < -0.4 is 5.32 Å². The summed E-state index contributed by atoms with van der Waals surface area (Å²) in [6.07, 6.45) is 3.71. The highest BCUT2D eigenvalue weighted by Gasteiger charge is 2.04. The van der Waals surface area contributed by atoms with E-state index in [4.69, 9.17) is 5.11 Å². The van der Waals surface area contributed by atoms with Crippen LogP contribution in [0.5, 0.6) is 0 Å². The normalized spacial score (nSPS) is 12.4. The van der Waals surface area contributed by atoms with Crippen LogP contribution in [0.15, 0.2) is 24.4 Å². The molecular formula is C11H18N2O. The Morgan fingerprint density at radius 1 is 1.50 bits per heavy atom. The fourth-order valence-corrected chi connectivity index (χ4v) is 1.35. The summed E-state index contributed by atoms with van der Waals surface area (Å²) >= 11 is 0. The van der Waals surface area contributed by atoms with Crippen LogP contribution in [0.4, 0.5) is 5.82 Å². The molecule has 0 amide bonds. The summed E-state index contributed by atoms with van der Waals surface area (Å²) < 4.78 is 0. The fraction of sp³-hybridized carbons (Fsp3) is 0.545. The smallest absolute Gasteiger partial charge is 0.125 e. The minimum Gasteiger partial charge on any atom is -0.396 e. The molecule has 0 fully saturated rings. The van der Waals surface area contributed by atoms with Gasteiger partial charge in [-0.1, -0.05) is 19.4 Å². The lowest BCUT2D eigenvalue weighted by atomic mass is 10.0. The lowest BCUT2D eigenvalue weighted by Crippen LogP contribution is -2.15. The van der Waals surface area contributed by atoms with E-state index in [0.717, 1.165) is 25.2 Å². The Hall–Kier alpha value is -1.09. The van der Waals surface area contributed by atoms with Gasteiger partial charge in [0.25, 0.3) is 0 Å². The molecule has 1 aromatic heterocycles. The lowest BCUT2D eigenvalue weighted by Gasteiger charge is -2.14. The second kappa shape index (κ2) is 6.38. The topological polar surface area (TPSA) is 45.1 Å². The number of nitrogens with one attached hydrogen (secondary N) is 1. The zero-order valence-electron chi connectivity index (χ0n) is 8.61. The molecule has 0 spiro atoms. The number of aliphatic hydroxyl groups is 1. The number of rotatable bonds is 6.